The van der Waals surface area contributed by atoms with Gasteiger partial charge in [-0.05, 0) is 55.0 Å². The van der Waals surface area contributed by atoms with Gasteiger partial charge in [-0.25, -0.2) is 12.8 Å². The van der Waals surface area contributed by atoms with E-state index in [1.54, 1.807) is 41.7 Å². The molecule has 0 bridgehead atoms. The van der Waals surface area contributed by atoms with Crippen molar-refractivity contribution in [1.29, 1.82) is 0 Å². The molecular formula is C20H16ClFN4O2S. The SMILES string of the molecule is Cc1nnc2ccc(S(=O)(=O)N(Cc3ccccc3Cl)c3ccc(F)cc3)cn12. The minimum Gasteiger partial charge on any atom is -0.285 e. The molecule has 0 fully saturated rings. The van der Waals surface area contributed by atoms with Crippen LogP contribution in [0.25, 0.3) is 5.65 Å². The number of benzene rings is 2. The lowest BCUT2D eigenvalue weighted by Crippen LogP contribution is -2.31. The number of fused-ring (bicyclic) bond motifs is 1. The van der Waals surface area contributed by atoms with E-state index in [0.717, 1.165) is 0 Å². The summed E-state index contributed by atoms with van der Waals surface area (Å²) in [6, 6.07) is 15.3. The first-order valence-corrected chi connectivity index (χ1v) is 10.5. The van der Waals surface area contributed by atoms with E-state index in [1.165, 1.54) is 40.8 Å². The van der Waals surface area contributed by atoms with Gasteiger partial charge in [-0.1, -0.05) is 29.8 Å². The van der Waals surface area contributed by atoms with Crippen LogP contribution in [0.2, 0.25) is 5.02 Å². The molecule has 0 atom stereocenters. The molecule has 2 aromatic carbocycles. The molecule has 4 aromatic rings. The number of sulfonamides is 1. The quantitative estimate of drug-likeness (QED) is 0.475. The van der Waals surface area contributed by atoms with Crippen molar-refractivity contribution in [3.05, 3.63) is 89.1 Å². The first-order valence-electron chi connectivity index (χ1n) is 8.69. The lowest BCUT2D eigenvalue weighted by molar-refractivity contribution is 0.589. The number of hydrogen-bond donors (Lipinski definition) is 0. The van der Waals surface area contributed by atoms with Crippen molar-refractivity contribution in [1.82, 2.24) is 14.6 Å². The van der Waals surface area contributed by atoms with Crippen molar-refractivity contribution in [3.8, 4) is 0 Å². The molecule has 0 amide bonds. The normalized spacial score (nSPS) is 11.7. The number of hydrogen-bond acceptors (Lipinski definition) is 4. The summed E-state index contributed by atoms with van der Waals surface area (Å²) in [6.07, 6.45) is 1.48. The predicted octanol–water partition coefficient (Wildman–Crippen LogP) is 4.23. The van der Waals surface area contributed by atoms with Gasteiger partial charge in [0.2, 0.25) is 0 Å². The second-order valence-electron chi connectivity index (χ2n) is 6.42. The van der Waals surface area contributed by atoms with Gasteiger partial charge in [-0.15, -0.1) is 10.2 Å². The largest absolute Gasteiger partial charge is 0.285 e. The Kier molecular flexibility index (Phi) is 4.97. The number of aromatic nitrogens is 3. The van der Waals surface area contributed by atoms with Gasteiger partial charge in [-0.2, -0.15) is 0 Å². The monoisotopic (exact) mass is 430 g/mol. The first kappa shape index (κ1) is 19.4. The maximum Gasteiger partial charge on any atom is 0.266 e. The van der Waals surface area contributed by atoms with Gasteiger partial charge in [0.15, 0.2) is 5.65 Å². The van der Waals surface area contributed by atoms with Crippen LogP contribution in [0.5, 0.6) is 0 Å². The summed E-state index contributed by atoms with van der Waals surface area (Å²) in [5.41, 5.74) is 1.50. The van der Waals surface area contributed by atoms with E-state index in [4.69, 9.17) is 11.6 Å². The molecule has 9 heteroatoms. The van der Waals surface area contributed by atoms with Gasteiger partial charge in [0.05, 0.1) is 12.2 Å². The Hall–Kier alpha value is -2.97. The molecule has 29 heavy (non-hydrogen) atoms. The smallest absolute Gasteiger partial charge is 0.266 e. The van der Waals surface area contributed by atoms with Crippen molar-refractivity contribution in [3.63, 3.8) is 0 Å². The third-order valence-corrected chi connectivity index (χ3v) is 6.65. The molecule has 6 nitrogen and oxygen atoms in total. The number of anilines is 1. The van der Waals surface area contributed by atoms with Crippen LogP contribution in [0, 0.1) is 12.7 Å². The Bertz CT molecular complexity index is 1290. The zero-order chi connectivity index (χ0) is 20.6. The average Bonchev–Trinajstić information content (AvgIpc) is 3.08. The van der Waals surface area contributed by atoms with Crippen molar-refractivity contribution in [2.45, 2.75) is 18.4 Å². The van der Waals surface area contributed by atoms with E-state index in [1.807, 2.05) is 0 Å². The summed E-state index contributed by atoms with van der Waals surface area (Å²) in [7, 11) is -3.99. The summed E-state index contributed by atoms with van der Waals surface area (Å²) in [4.78, 5) is 0.0595. The maximum atomic E-state index is 13.5. The highest BCUT2D eigenvalue weighted by molar-refractivity contribution is 7.92. The highest BCUT2D eigenvalue weighted by Gasteiger charge is 2.27. The summed E-state index contributed by atoms with van der Waals surface area (Å²) >= 11 is 6.26. The predicted molar refractivity (Wildman–Crippen MR) is 109 cm³/mol. The lowest BCUT2D eigenvalue weighted by Gasteiger charge is -2.25. The van der Waals surface area contributed by atoms with Gasteiger partial charge >= 0.3 is 0 Å². The zero-order valence-electron chi connectivity index (χ0n) is 15.3. The second kappa shape index (κ2) is 7.46. The number of nitrogens with zero attached hydrogens (tertiary/aromatic N) is 4. The molecule has 0 spiro atoms. The molecule has 0 aliphatic carbocycles. The van der Waals surface area contributed by atoms with Crippen molar-refractivity contribution in [2.75, 3.05) is 4.31 Å². The lowest BCUT2D eigenvalue weighted by atomic mass is 10.2. The standard InChI is InChI=1S/C20H16ClFN4O2S/c1-14-23-24-20-11-10-18(13-25(14)20)29(27,28)26(17-8-6-16(22)7-9-17)12-15-4-2-3-5-19(15)21/h2-11,13H,12H2,1H3. The van der Waals surface area contributed by atoms with Crippen LogP contribution in [-0.4, -0.2) is 23.0 Å². The highest BCUT2D eigenvalue weighted by atomic mass is 35.5. The number of pyridine rings is 1. The summed E-state index contributed by atoms with van der Waals surface area (Å²) in [6.45, 7) is 1.73. The molecule has 0 saturated heterocycles. The number of rotatable bonds is 5. The second-order valence-corrected chi connectivity index (χ2v) is 8.69. The fourth-order valence-corrected chi connectivity index (χ4v) is 4.61. The Morgan fingerprint density at radius 2 is 1.76 bits per heavy atom. The molecule has 0 N–H and O–H groups in total. The van der Waals surface area contributed by atoms with Crippen LogP contribution >= 0.6 is 11.6 Å². The molecule has 0 aliphatic rings. The van der Waals surface area contributed by atoms with Crippen LogP contribution in [0.4, 0.5) is 10.1 Å². The fraction of sp³-hybridized carbons (Fsp3) is 0.100. The minimum atomic E-state index is -3.99. The Morgan fingerprint density at radius 3 is 2.48 bits per heavy atom. The van der Waals surface area contributed by atoms with Crippen LogP contribution < -0.4 is 4.31 Å². The Balaban J connectivity index is 1.84. The molecule has 0 saturated carbocycles. The average molecular weight is 431 g/mol. The fourth-order valence-electron chi connectivity index (χ4n) is 2.97. The summed E-state index contributed by atoms with van der Waals surface area (Å²) in [5.74, 6) is 0.113. The Morgan fingerprint density at radius 1 is 1.03 bits per heavy atom. The topological polar surface area (TPSA) is 67.6 Å². The van der Waals surface area contributed by atoms with E-state index >= 15 is 0 Å². The first-order chi connectivity index (χ1) is 13.9. The number of aryl methyl sites for hydroxylation is 1. The molecule has 2 aromatic heterocycles. The molecular weight excluding hydrogens is 415 g/mol. The van der Waals surface area contributed by atoms with E-state index in [0.29, 0.717) is 27.7 Å². The molecule has 2 heterocycles. The molecule has 148 valence electrons. The highest BCUT2D eigenvalue weighted by Crippen LogP contribution is 2.28. The van der Waals surface area contributed by atoms with Crippen molar-refractivity contribution >= 4 is 33.0 Å². The van der Waals surface area contributed by atoms with Crippen molar-refractivity contribution in [2.24, 2.45) is 0 Å². The van der Waals surface area contributed by atoms with Gasteiger partial charge in [0.25, 0.3) is 10.0 Å². The third kappa shape index (κ3) is 3.68. The zero-order valence-corrected chi connectivity index (χ0v) is 16.9. The van der Waals surface area contributed by atoms with Crippen LogP contribution in [0.15, 0.2) is 71.8 Å². The summed E-state index contributed by atoms with van der Waals surface area (Å²) in [5, 5.41) is 8.38. The van der Waals surface area contributed by atoms with E-state index in [2.05, 4.69) is 10.2 Å². The van der Waals surface area contributed by atoms with E-state index in [-0.39, 0.29) is 11.4 Å². The third-order valence-electron chi connectivity index (χ3n) is 4.52. The number of halogens is 2. The van der Waals surface area contributed by atoms with E-state index in [9.17, 15) is 12.8 Å². The molecule has 0 aliphatic heterocycles. The van der Waals surface area contributed by atoms with E-state index < -0.39 is 15.8 Å². The molecule has 0 unspecified atom stereocenters. The maximum absolute atomic E-state index is 13.5. The van der Waals surface area contributed by atoms with Gasteiger partial charge in [-0.3, -0.25) is 8.71 Å². The van der Waals surface area contributed by atoms with Gasteiger partial charge in [0, 0.05) is 11.2 Å². The Labute approximate surface area is 172 Å². The van der Waals surface area contributed by atoms with Crippen LogP contribution in [0.1, 0.15) is 11.4 Å². The minimum absolute atomic E-state index is 0.00711. The molecule has 4 rings (SSSR count). The summed E-state index contributed by atoms with van der Waals surface area (Å²) < 4.78 is 43.3. The van der Waals surface area contributed by atoms with Crippen LogP contribution in [0.3, 0.4) is 0 Å². The molecule has 0 radical (unpaired) electrons. The van der Waals surface area contributed by atoms with Crippen LogP contribution in [-0.2, 0) is 16.6 Å². The van der Waals surface area contributed by atoms with Crippen molar-refractivity contribution < 1.29 is 12.8 Å². The van der Waals surface area contributed by atoms with Gasteiger partial charge < -0.3 is 0 Å². The van der Waals surface area contributed by atoms with Gasteiger partial charge in [0.1, 0.15) is 16.5 Å².